The van der Waals surface area contributed by atoms with Crippen molar-refractivity contribution in [2.45, 2.75) is 6.42 Å². The van der Waals surface area contributed by atoms with E-state index >= 15 is 4.39 Å². The molecule has 3 rings (SSSR count). The number of halogens is 2. The molecule has 0 amide bonds. The SMILES string of the molecule is COc1ccc(CC2=NNCN=N2)c(F)c1-c1cccc(Cl)c1. The molecule has 7 heteroatoms. The second kappa shape index (κ2) is 6.75. The van der Waals surface area contributed by atoms with Gasteiger partial charge in [0.25, 0.3) is 0 Å². The standard InChI is InChI=1S/C16H14ClFN4O/c1-23-13-6-5-11(8-14-21-19-9-20-22-14)16(18)15(13)10-3-2-4-12(17)7-10/h2-7,19H,8-9H2,1H3. The lowest BCUT2D eigenvalue weighted by Crippen LogP contribution is -2.16. The third kappa shape index (κ3) is 3.32. The molecule has 0 saturated heterocycles. The predicted octanol–water partition coefficient (Wildman–Crippen LogP) is 4.02. The van der Waals surface area contributed by atoms with Gasteiger partial charge in [0.15, 0.2) is 5.84 Å². The fourth-order valence-corrected chi connectivity index (χ4v) is 2.55. The number of hydrazone groups is 1. The Morgan fingerprint density at radius 1 is 1.30 bits per heavy atom. The highest BCUT2D eigenvalue weighted by Crippen LogP contribution is 2.35. The van der Waals surface area contributed by atoms with Gasteiger partial charge < -0.3 is 4.74 Å². The Bertz CT molecular complexity index is 792. The Kier molecular flexibility index (Phi) is 4.52. The first-order chi connectivity index (χ1) is 11.2. The van der Waals surface area contributed by atoms with E-state index in [1.165, 1.54) is 7.11 Å². The van der Waals surface area contributed by atoms with Gasteiger partial charge in [-0.25, -0.2) is 4.39 Å². The van der Waals surface area contributed by atoms with Gasteiger partial charge in [-0.15, -0.1) is 5.11 Å². The van der Waals surface area contributed by atoms with Gasteiger partial charge in [0.2, 0.25) is 0 Å². The highest BCUT2D eigenvalue weighted by molar-refractivity contribution is 6.30. The molecule has 1 heterocycles. The van der Waals surface area contributed by atoms with Crippen LogP contribution in [0.1, 0.15) is 5.56 Å². The Balaban J connectivity index is 2.05. The number of ether oxygens (including phenoxy) is 1. The van der Waals surface area contributed by atoms with Gasteiger partial charge in [-0.2, -0.15) is 10.2 Å². The molecule has 0 aliphatic carbocycles. The van der Waals surface area contributed by atoms with E-state index in [0.717, 1.165) is 0 Å². The lowest BCUT2D eigenvalue weighted by molar-refractivity contribution is 0.413. The number of hydrogen-bond acceptors (Lipinski definition) is 5. The molecule has 1 N–H and O–H groups in total. The zero-order valence-electron chi connectivity index (χ0n) is 12.4. The first-order valence-electron chi connectivity index (χ1n) is 6.97. The van der Waals surface area contributed by atoms with Crippen molar-refractivity contribution in [3.05, 3.63) is 52.8 Å². The summed E-state index contributed by atoms with van der Waals surface area (Å²) in [5.41, 5.74) is 4.20. The fraction of sp³-hybridized carbons (Fsp3) is 0.188. The van der Waals surface area contributed by atoms with Crippen LogP contribution >= 0.6 is 11.6 Å². The van der Waals surface area contributed by atoms with Gasteiger partial charge in [-0.3, -0.25) is 5.43 Å². The summed E-state index contributed by atoms with van der Waals surface area (Å²) in [5.74, 6) is 0.492. The highest BCUT2D eigenvalue weighted by atomic mass is 35.5. The molecule has 1 aliphatic rings. The van der Waals surface area contributed by atoms with Crippen LogP contribution in [-0.2, 0) is 6.42 Å². The highest BCUT2D eigenvalue weighted by Gasteiger charge is 2.18. The van der Waals surface area contributed by atoms with Gasteiger partial charge in [0, 0.05) is 11.4 Å². The van der Waals surface area contributed by atoms with E-state index in [1.807, 2.05) is 0 Å². The van der Waals surface area contributed by atoms with Crippen molar-refractivity contribution in [3.8, 4) is 16.9 Å². The normalized spacial score (nSPS) is 13.4. The molecule has 0 radical (unpaired) electrons. The maximum absolute atomic E-state index is 15.0. The van der Waals surface area contributed by atoms with Crippen molar-refractivity contribution in [1.82, 2.24) is 5.43 Å². The Morgan fingerprint density at radius 3 is 2.87 bits per heavy atom. The number of benzene rings is 2. The quantitative estimate of drug-likeness (QED) is 0.919. The smallest absolute Gasteiger partial charge is 0.174 e. The van der Waals surface area contributed by atoms with E-state index in [9.17, 15) is 0 Å². The van der Waals surface area contributed by atoms with Crippen LogP contribution in [0.15, 0.2) is 51.7 Å². The molecule has 0 saturated carbocycles. The van der Waals surface area contributed by atoms with Crippen LogP contribution in [-0.4, -0.2) is 19.6 Å². The third-order valence-corrected chi connectivity index (χ3v) is 3.64. The van der Waals surface area contributed by atoms with Gasteiger partial charge in [0.05, 0.1) is 12.7 Å². The Morgan fingerprint density at radius 2 is 2.17 bits per heavy atom. The average Bonchev–Trinajstić information content (AvgIpc) is 2.57. The zero-order valence-corrected chi connectivity index (χ0v) is 13.1. The summed E-state index contributed by atoms with van der Waals surface area (Å²) in [6.07, 6.45) is 0.236. The molecular weight excluding hydrogens is 319 g/mol. The van der Waals surface area contributed by atoms with Crippen LogP contribution in [0.5, 0.6) is 5.75 Å². The topological polar surface area (TPSA) is 58.3 Å². The van der Waals surface area contributed by atoms with Crippen LogP contribution in [0.25, 0.3) is 11.1 Å². The minimum absolute atomic E-state index is 0.236. The number of azo groups is 1. The van der Waals surface area contributed by atoms with E-state index < -0.39 is 0 Å². The molecule has 2 aromatic rings. The third-order valence-electron chi connectivity index (χ3n) is 3.40. The molecule has 0 bridgehead atoms. The van der Waals surface area contributed by atoms with E-state index in [-0.39, 0.29) is 12.2 Å². The van der Waals surface area contributed by atoms with Crippen LogP contribution in [0.2, 0.25) is 5.02 Å². The van der Waals surface area contributed by atoms with Crippen LogP contribution in [0.3, 0.4) is 0 Å². The molecule has 0 fully saturated rings. The second-order valence-corrected chi connectivity index (χ2v) is 5.33. The molecule has 1 aliphatic heterocycles. The Hall–Kier alpha value is -2.47. The number of amidine groups is 1. The predicted molar refractivity (Wildman–Crippen MR) is 87.4 cm³/mol. The van der Waals surface area contributed by atoms with Crippen molar-refractivity contribution >= 4 is 17.4 Å². The van der Waals surface area contributed by atoms with Crippen molar-refractivity contribution < 1.29 is 9.13 Å². The maximum atomic E-state index is 15.0. The van der Waals surface area contributed by atoms with Crippen LogP contribution < -0.4 is 10.2 Å². The number of rotatable bonds is 4. The molecular formula is C16H14ClFN4O. The molecule has 0 unspecified atom stereocenters. The van der Waals surface area contributed by atoms with Crippen molar-refractivity contribution in [2.24, 2.45) is 15.3 Å². The van der Waals surface area contributed by atoms with E-state index in [0.29, 0.717) is 40.0 Å². The molecule has 0 atom stereocenters. The fourth-order valence-electron chi connectivity index (χ4n) is 2.36. The number of hydrogen-bond donors (Lipinski definition) is 1. The van der Waals surface area contributed by atoms with Gasteiger partial charge in [0.1, 0.15) is 18.2 Å². The molecule has 2 aromatic carbocycles. The molecule has 118 valence electrons. The number of nitrogens with one attached hydrogen (secondary N) is 1. The van der Waals surface area contributed by atoms with Gasteiger partial charge in [-0.1, -0.05) is 29.8 Å². The van der Waals surface area contributed by atoms with Crippen LogP contribution in [0.4, 0.5) is 4.39 Å². The first kappa shape index (κ1) is 15.4. The minimum Gasteiger partial charge on any atom is -0.496 e. The van der Waals surface area contributed by atoms with Crippen LogP contribution in [0, 0.1) is 5.82 Å². The minimum atomic E-state index is -0.380. The van der Waals surface area contributed by atoms with Crippen molar-refractivity contribution in [2.75, 3.05) is 13.8 Å². The summed E-state index contributed by atoms with van der Waals surface area (Å²) in [6, 6.07) is 10.4. The molecule has 0 aromatic heterocycles. The molecule has 23 heavy (non-hydrogen) atoms. The number of nitrogens with zero attached hydrogens (tertiary/aromatic N) is 3. The molecule has 0 spiro atoms. The summed E-state index contributed by atoms with van der Waals surface area (Å²) in [7, 11) is 1.51. The first-order valence-corrected chi connectivity index (χ1v) is 7.35. The van der Waals surface area contributed by atoms with Crippen molar-refractivity contribution in [3.63, 3.8) is 0 Å². The molecule has 5 nitrogen and oxygen atoms in total. The van der Waals surface area contributed by atoms with Gasteiger partial charge in [-0.05, 0) is 29.3 Å². The number of methoxy groups -OCH3 is 1. The largest absolute Gasteiger partial charge is 0.496 e. The second-order valence-electron chi connectivity index (χ2n) is 4.89. The zero-order chi connectivity index (χ0) is 16.2. The van der Waals surface area contributed by atoms with E-state index in [4.69, 9.17) is 16.3 Å². The van der Waals surface area contributed by atoms with E-state index in [2.05, 4.69) is 20.8 Å². The summed E-state index contributed by atoms with van der Waals surface area (Å²) >= 11 is 6.02. The Labute approximate surface area is 137 Å². The summed E-state index contributed by atoms with van der Waals surface area (Å²) in [5, 5.41) is 12.3. The van der Waals surface area contributed by atoms with Gasteiger partial charge >= 0.3 is 0 Å². The lowest BCUT2D eigenvalue weighted by Gasteiger charge is -2.14. The summed E-state index contributed by atoms with van der Waals surface area (Å²) in [4.78, 5) is 0. The summed E-state index contributed by atoms with van der Waals surface area (Å²) in [6.45, 7) is 0.336. The van der Waals surface area contributed by atoms with Crippen molar-refractivity contribution in [1.29, 1.82) is 0 Å². The lowest BCUT2D eigenvalue weighted by atomic mass is 9.99. The van der Waals surface area contributed by atoms with E-state index in [1.54, 1.807) is 36.4 Å². The maximum Gasteiger partial charge on any atom is 0.174 e. The monoisotopic (exact) mass is 332 g/mol. The average molecular weight is 333 g/mol. The summed E-state index contributed by atoms with van der Waals surface area (Å²) < 4.78 is 20.3.